The van der Waals surface area contributed by atoms with E-state index in [0.717, 1.165) is 5.69 Å². The zero-order valence-corrected chi connectivity index (χ0v) is 17.8. The van der Waals surface area contributed by atoms with Gasteiger partial charge in [0.1, 0.15) is 0 Å². The van der Waals surface area contributed by atoms with Crippen molar-refractivity contribution in [3.8, 4) is 5.69 Å². The molecule has 0 unspecified atom stereocenters. The Morgan fingerprint density at radius 2 is 1.79 bits per heavy atom. The highest BCUT2D eigenvalue weighted by Gasteiger charge is 2.22. The van der Waals surface area contributed by atoms with Crippen molar-refractivity contribution < 1.29 is 13.2 Å². The van der Waals surface area contributed by atoms with E-state index in [1.807, 2.05) is 6.07 Å². The molecule has 0 aliphatic rings. The maximum Gasteiger partial charge on any atom is 0.276 e. The first kappa shape index (κ1) is 21.0. The second-order valence-electron chi connectivity index (χ2n) is 7.46. The summed E-state index contributed by atoms with van der Waals surface area (Å²) in [7, 11) is -3.71. The molecule has 1 aromatic heterocycles. The molecule has 0 saturated carbocycles. The van der Waals surface area contributed by atoms with Crippen molar-refractivity contribution in [3.05, 3.63) is 71.5 Å². The summed E-state index contributed by atoms with van der Waals surface area (Å²) in [6.45, 7) is 5.27. The second-order valence-corrected chi connectivity index (χ2v) is 9.58. The third-order valence-corrected chi connectivity index (χ3v) is 5.73. The van der Waals surface area contributed by atoms with Gasteiger partial charge in [-0.2, -0.15) is 5.10 Å². The molecule has 9 heteroatoms. The largest absolute Gasteiger partial charge is 0.321 e. The van der Waals surface area contributed by atoms with Gasteiger partial charge in [-0.3, -0.25) is 4.79 Å². The van der Waals surface area contributed by atoms with Gasteiger partial charge in [0.05, 0.1) is 10.6 Å². The molecular weight excluding hydrogens is 412 g/mol. The number of carbonyl (C=O) groups is 1. The molecule has 152 valence electrons. The van der Waals surface area contributed by atoms with Crippen molar-refractivity contribution in [1.29, 1.82) is 0 Å². The standard InChI is InChI=1S/C20H21ClN4O3S/c1-20(2,3)24-29(27,28)17-9-5-7-15(13-17)22-19(26)18-10-11-25(23-18)16-8-4-6-14(21)12-16/h4-13,24H,1-3H3,(H,22,26). The van der Waals surface area contributed by atoms with E-state index in [1.54, 1.807) is 63.4 Å². The van der Waals surface area contributed by atoms with Crippen LogP contribution in [0.5, 0.6) is 0 Å². The summed E-state index contributed by atoms with van der Waals surface area (Å²) in [5, 5.41) is 7.49. The predicted molar refractivity (Wildman–Crippen MR) is 113 cm³/mol. The number of nitrogens with one attached hydrogen (secondary N) is 2. The van der Waals surface area contributed by atoms with Crippen molar-refractivity contribution in [2.75, 3.05) is 5.32 Å². The van der Waals surface area contributed by atoms with Crippen LogP contribution in [0.1, 0.15) is 31.3 Å². The lowest BCUT2D eigenvalue weighted by Gasteiger charge is -2.20. The average Bonchev–Trinajstić information content (AvgIpc) is 3.10. The summed E-state index contributed by atoms with van der Waals surface area (Å²) in [5.41, 5.74) is 0.638. The first-order chi connectivity index (χ1) is 13.5. The zero-order valence-electron chi connectivity index (χ0n) is 16.2. The molecule has 3 rings (SSSR count). The average molecular weight is 433 g/mol. The molecule has 0 spiro atoms. The van der Waals surface area contributed by atoms with Gasteiger partial charge in [-0.25, -0.2) is 17.8 Å². The maximum absolute atomic E-state index is 12.5. The summed E-state index contributed by atoms with van der Waals surface area (Å²) < 4.78 is 29.1. The van der Waals surface area contributed by atoms with Crippen LogP contribution in [0.25, 0.3) is 5.69 Å². The van der Waals surface area contributed by atoms with Crippen molar-refractivity contribution >= 4 is 33.2 Å². The van der Waals surface area contributed by atoms with Gasteiger partial charge >= 0.3 is 0 Å². The minimum absolute atomic E-state index is 0.0645. The number of carbonyl (C=O) groups excluding carboxylic acids is 1. The van der Waals surface area contributed by atoms with Crippen molar-refractivity contribution in [1.82, 2.24) is 14.5 Å². The molecular formula is C20H21ClN4O3S. The topological polar surface area (TPSA) is 93.1 Å². The quantitative estimate of drug-likeness (QED) is 0.640. The molecule has 0 atom stereocenters. The number of benzene rings is 2. The fourth-order valence-corrected chi connectivity index (χ4v) is 4.25. The van der Waals surface area contributed by atoms with Crippen molar-refractivity contribution in [2.45, 2.75) is 31.2 Å². The predicted octanol–water partition coefficient (Wildman–Crippen LogP) is 3.85. The van der Waals surface area contributed by atoms with Crippen LogP contribution in [0.4, 0.5) is 5.69 Å². The Labute approximate surface area is 174 Å². The van der Waals surface area contributed by atoms with E-state index in [9.17, 15) is 13.2 Å². The molecule has 29 heavy (non-hydrogen) atoms. The second kappa shape index (κ2) is 7.98. The van der Waals surface area contributed by atoms with Crippen LogP contribution in [-0.4, -0.2) is 29.6 Å². The normalized spacial score (nSPS) is 12.0. The summed E-state index contributed by atoms with van der Waals surface area (Å²) >= 11 is 5.99. The van der Waals surface area contributed by atoms with E-state index >= 15 is 0 Å². The third-order valence-electron chi connectivity index (χ3n) is 3.74. The van der Waals surface area contributed by atoms with E-state index in [1.165, 1.54) is 16.8 Å². The summed E-state index contributed by atoms with van der Waals surface area (Å²) in [5.74, 6) is -0.455. The molecule has 0 aliphatic heterocycles. The molecule has 1 heterocycles. The van der Waals surface area contributed by atoms with E-state index in [-0.39, 0.29) is 10.6 Å². The molecule has 0 aliphatic carbocycles. The van der Waals surface area contributed by atoms with Gasteiger partial charge in [0.25, 0.3) is 5.91 Å². The Hall–Kier alpha value is -2.68. The molecule has 7 nitrogen and oxygen atoms in total. The Morgan fingerprint density at radius 1 is 1.07 bits per heavy atom. The van der Waals surface area contributed by atoms with Crippen LogP contribution in [0.3, 0.4) is 0 Å². The number of hydrogen-bond acceptors (Lipinski definition) is 4. The summed E-state index contributed by atoms with van der Waals surface area (Å²) in [6, 6.07) is 14.7. The Bertz CT molecular complexity index is 1150. The summed E-state index contributed by atoms with van der Waals surface area (Å²) in [4.78, 5) is 12.6. The molecule has 2 N–H and O–H groups in total. The van der Waals surface area contributed by atoms with Gasteiger partial charge in [0, 0.05) is 22.4 Å². The van der Waals surface area contributed by atoms with Gasteiger partial charge in [-0.1, -0.05) is 23.7 Å². The highest BCUT2D eigenvalue weighted by molar-refractivity contribution is 7.89. The highest BCUT2D eigenvalue weighted by Crippen LogP contribution is 2.19. The van der Waals surface area contributed by atoms with Crippen LogP contribution in [0, 0.1) is 0 Å². The number of halogens is 1. The SMILES string of the molecule is CC(C)(C)NS(=O)(=O)c1cccc(NC(=O)c2ccn(-c3cccc(Cl)c3)n2)c1. The molecule has 0 fully saturated rings. The number of hydrogen-bond donors (Lipinski definition) is 2. The third kappa shape index (κ3) is 5.44. The monoisotopic (exact) mass is 432 g/mol. The van der Waals surface area contributed by atoms with Crippen molar-refractivity contribution in [2.24, 2.45) is 0 Å². The van der Waals surface area contributed by atoms with Crippen molar-refractivity contribution in [3.63, 3.8) is 0 Å². The van der Waals surface area contributed by atoms with Crippen LogP contribution < -0.4 is 10.0 Å². The Morgan fingerprint density at radius 3 is 2.48 bits per heavy atom. The molecule has 0 bridgehead atoms. The minimum atomic E-state index is -3.71. The van der Waals surface area contributed by atoms with Gasteiger partial charge in [0.2, 0.25) is 10.0 Å². The summed E-state index contributed by atoms with van der Waals surface area (Å²) in [6.07, 6.45) is 1.65. The number of nitrogens with zero attached hydrogens (tertiary/aromatic N) is 2. The lowest BCUT2D eigenvalue weighted by Crippen LogP contribution is -2.40. The van der Waals surface area contributed by atoms with Gasteiger partial charge in [-0.05, 0) is 63.2 Å². The van der Waals surface area contributed by atoms with Crippen LogP contribution in [0.15, 0.2) is 65.7 Å². The van der Waals surface area contributed by atoms with Gasteiger partial charge in [0.15, 0.2) is 5.69 Å². The molecule has 0 saturated heterocycles. The number of anilines is 1. The van der Waals surface area contributed by atoms with E-state index in [4.69, 9.17) is 11.6 Å². The maximum atomic E-state index is 12.5. The van der Waals surface area contributed by atoms with Crippen LogP contribution in [-0.2, 0) is 10.0 Å². The fraction of sp³-hybridized carbons (Fsp3) is 0.200. The first-order valence-corrected chi connectivity index (χ1v) is 10.7. The van der Waals surface area contributed by atoms with Gasteiger partial charge in [-0.15, -0.1) is 0 Å². The molecule has 1 amide bonds. The lowest BCUT2D eigenvalue weighted by molar-refractivity contribution is 0.102. The van der Waals surface area contributed by atoms with Gasteiger partial charge < -0.3 is 5.32 Å². The number of rotatable bonds is 5. The van der Waals surface area contributed by atoms with Crippen LogP contribution in [0.2, 0.25) is 5.02 Å². The van der Waals surface area contributed by atoms with Crippen LogP contribution >= 0.6 is 11.6 Å². The number of sulfonamides is 1. The van der Waals surface area contributed by atoms with E-state index in [0.29, 0.717) is 10.7 Å². The number of amides is 1. The lowest BCUT2D eigenvalue weighted by atomic mass is 10.1. The molecule has 2 aromatic carbocycles. The highest BCUT2D eigenvalue weighted by atomic mass is 35.5. The van der Waals surface area contributed by atoms with E-state index < -0.39 is 21.5 Å². The minimum Gasteiger partial charge on any atom is -0.321 e. The fourth-order valence-electron chi connectivity index (χ4n) is 2.61. The Balaban J connectivity index is 1.78. The smallest absolute Gasteiger partial charge is 0.276 e. The Kier molecular flexibility index (Phi) is 5.79. The number of aromatic nitrogens is 2. The first-order valence-electron chi connectivity index (χ1n) is 8.80. The molecule has 3 aromatic rings. The zero-order chi connectivity index (χ0) is 21.2. The van der Waals surface area contributed by atoms with E-state index in [2.05, 4.69) is 15.1 Å². The molecule has 0 radical (unpaired) electrons.